The third kappa shape index (κ3) is 3.93. The van der Waals surface area contributed by atoms with Gasteiger partial charge in [0.2, 0.25) is 0 Å². The van der Waals surface area contributed by atoms with Crippen LogP contribution in [0.4, 0.5) is 17.3 Å². The Labute approximate surface area is 170 Å². The summed E-state index contributed by atoms with van der Waals surface area (Å²) in [6.45, 7) is 0. The van der Waals surface area contributed by atoms with Gasteiger partial charge in [0.05, 0.1) is 10.6 Å². The molecular formula is C20H13ClN6S. The number of nitrogens with one attached hydrogen (secondary N) is 2. The summed E-state index contributed by atoms with van der Waals surface area (Å²) in [5, 5.41) is 20.1. The van der Waals surface area contributed by atoms with E-state index in [2.05, 4.69) is 31.6 Å². The second kappa shape index (κ2) is 8.05. The van der Waals surface area contributed by atoms with E-state index in [1.54, 1.807) is 35.9 Å². The van der Waals surface area contributed by atoms with E-state index >= 15 is 0 Å². The van der Waals surface area contributed by atoms with E-state index < -0.39 is 0 Å². The van der Waals surface area contributed by atoms with Crippen LogP contribution in [0, 0.1) is 11.3 Å². The number of hydrogen-bond acceptors (Lipinski definition) is 6. The first kappa shape index (κ1) is 17.9. The van der Waals surface area contributed by atoms with E-state index in [1.807, 2.05) is 42.5 Å². The number of anilines is 2. The smallest absolute Gasteiger partial charge is 0.172 e. The third-order valence-electron chi connectivity index (χ3n) is 3.81. The zero-order valence-corrected chi connectivity index (χ0v) is 16.0. The predicted octanol–water partition coefficient (Wildman–Crippen LogP) is 5.55. The van der Waals surface area contributed by atoms with E-state index in [-0.39, 0.29) is 0 Å². The Kier molecular flexibility index (Phi) is 5.15. The Bertz CT molecular complexity index is 1170. The lowest BCUT2D eigenvalue weighted by molar-refractivity contribution is 1.09. The minimum Gasteiger partial charge on any atom is -0.338 e. The van der Waals surface area contributed by atoms with Crippen molar-refractivity contribution in [1.82, 2.24) is 15.2 Å². The average Bonchev–Trinajstić information content (AvgIpc) is 3.34. The van der Waals surface area contributed by atoms with Crippen molar-refractivity contribution in [2.24, 2.45) is 4.99 Å². The van der Waals surface area contributed by atoms with Gasteiger partial charge in [-0.25, -0.2) is 4.99 Å². The molecular weight excluding hydrogens is 392 g/mol. The van der Waals surface area contributed by atoms with E-state index in [9.17, 15) is 5.26 Å². The molecule has 0 aliphatic heterocycles. The summed E-state index contributed by atoms with van der Waals surface area (Å²) in [6, 6.07) is 19.1. The van der Waals surface area contributed by atoms with Crippen LogP contribution in [0.3, 0.4) is 0 Å². The maximum Gasteiger partial charge on any atom is 0.172 e. The molecule has 3 heterocycles. The Morgan fingerprint density at radius 2 is 2.11 bits per heavy atom. The summed E-state index contributed by atoms with van der Waals surface area (Å²) in [4.78, 5) is 10.7. The van der Waals surface area contributed by atoms with Crippen molar-refractivity contribution in [2.45, 2.75) is 0 Å². The van der Waals surface area contributed by atoms with Gasteiger partial charge in [0.25, 0.3) is 0 Å². The summed E-state index contributed by atoms with van der Waals surface area (Å²) in [5.74, 6) is 0.789. The molecule has 0 saturated carbocycles. The van der Waals surface area contributed by atoms with Gasteiger partial charge in [-0.05, 0) is 42.5 Å². The summed E-state index contributed by atoms with van der Waals surface area (Å²) in [7, 11) is 0. The molecule has 28 heavy (non-hydrogen) atoms. The fraction of sp³-hybridized carbons (Fsp3) is 0. The van der Waals surface area contributed by atoms with Crippen LogP contribution in [0.1, 0.15) is 10.4 Å². The molecule has 8 heteroatoms. The molecule has 1 aromatic carbocycles. The monoisotopic (exact) mass is 404 g/mol. The largest absolute Gasteiger partial charge is 0.338 e. The lowest BCUT2D eigenvalue weighted by atomic mass is 10.3. The Hall–Kier alpha value is -3.47. The number of aromatic amines is 1. The molecule has 0 saturated heterocycles. The van der Waals surface area contributed by atoms with Crippen molar-refractivity contribution in [3.8, 4) is 16.6 Å². The zero-order valence-electron chi connectivity index (χ0n) is 14.4. The van der Waals surface area contributed by atoms with Gasteiger partial charge >= 0.3 is 0 Å². The van der Waals surface area contributed by atoms with Gasteiger partial charge in [-0.15, -0.1) is 11.3 Å². The number of halogens is 1. The fourth-order valence-corrected chi connectivity index (χ4v) is 3.57. The molecule has 0 aliphatic rings. The lowest BCUT2D eigenvalue weighted by Gasteiger charge is -2.03. The highest BCUT2D eigenvalue weighted by Crippen LogP contribution is 2.28. The highest BCUT2D eigenvalue weighted by molar-refractivity contribution is 7.17. The maximum absolute atomic E-state index is 9.52. The summed E-state index contributed by atoms with van der Waals surface area (Å²) >= 11 is 7.56. The first-order valence-electron chi connectivity index (χ1n) is 8.29. The lowest BCUT2D eigenvalue weighted by Crippen LogP contribution is -1.92. The highest BCUT2D eigenvalue weighted by atomic mass is 35.5. The number of rotatable bonds is 5. The van der Waals surface area contributed by atoms with Gasteiger partial charge in [0.15, 0.2) is 11.6 Å². The van der Waals surface area contributed by atoms with Crippen LogP contribution < -0.4 is 5.32 Å². The molecule has 0 bridgehead atoms. The van der Waals surface area contributed by atoms with Gasteiger partial charge in [-0.2, -0.15) is 10.4 Å². The molecule has 0 spiro atoms. The molecule has 6 nitrogen and oxygen atoms in total. The van der Waals surface area contributed by atoms with Gasteiger partial charge in [0.1, 0.15) is 11.6 Å². The van der Waals surface area contributed by atoms with Crippen LogP contribution >= 0.6 is 22.9 Å². The van der Waals surface area contributed by atoms with Crippen LogP contribution in [-0.2, 0) is 0 Å². The molecule has 2 N–H and O–H groups in total. The molecule has 3 aromatic heterocycles. The standard InChI is InChI=1S/C20H13ClN6S/c21-13-4-3-5-14(10-13)25-20-16(11-22)19(26-27-20)24-12-15-7-8-18(28-15)17-6-1-2-9-23-17/h1-10,12H,(H2,25,26,27)/b24-12+. The van der Waals surface area contributed by atoms with Crippen molar-refractivity contribution >= 4 is 46.5 Å². The number of H-pyrrole nitrogens is 1. The van der Waals surface area contributed by atoms with Crippen LogP contribution in [0.15, 0.2) is 65.8 Å². The normalized spacial score (nSPS) is 10.9. The third-order valence-corrected chi connectivity index (χ3v) is 5.09. The Morgan fingerprint density at radius 3 is 2.89 bits per heavy atom. The summed E-state index contributed by atoms with van der Waals surface area (Å²) < 4.78 is 0. The maximum atomic E-state index is 9.52. The summed E-state index contributed by atoms with van der Waals surface area (Å²) in [6.07, 6.45) is 3.47. The minimum absolute atomic E-state index is 0.331. The molecule has 0 radical (unpaired) electrons. The second-order valence-corrected chi connectivity index (χ2v) is 7.27. The first-order chi connectivity index (χ1) is 13.7. The second-order valence-electron chi connectivity index (χ2n) is 5.72. The Morgan fingerprint density at radius 1 is 1.18 bits per heavy atom. The van der Waals surface area contributed by atoms with Gasteiger partial charge in [-0.1, -0.05) is 23.7 Å². The van der Waals surface area contributed by atoms with Gasteiger partial charge in [-0.3, -0.25) is 10.1 Å². The first-order valence-corrected chi connectivity index (χ1v) is 9.49. The number of thiophene rings is 1. The molecule has 0 atom stereocenters. The Balaban J connectivity index is 1.55. The van der Waals surface area contributed by atoms with Crippen molar-refractivity contribution < 1.29 is 0 Å². The van der Waals surface area contributed by atoms with Crippen LogP contribution in [0.5, 0.6) is 0 Å². The number of pyridine rings is 1. The van der Waals surface area contributed by atoms with Crippen molar-refractivity contribution in [3.63, 3.8) is 0 Å². The molecule has 4 rings (SSSR count). The highest BCUT2D eigenvalue weighted by Gasteiger charge is 2.12. The van der Waals surface area contributed by atoms with Crippen molar-refractivity contribution in [2.75, 3.05) is 5.32 Å². The minimum atomic E-state index is 0.331. The SMILES string of the molecule is N#Cc1c(Nc2cccc(Cl)c2)n[nH]c1/N=C/c1ccc(-c2ccccn2)s1. The number of aromatic nitrogens is 3. The molecule has 0 unspecified atom stereocenters. The number of aliphatic imine (C=N–C) groups is 1. The number of hydrogen-bond donors (Lipinski definition) is 2. The molecule has 136 valence electrons. The van der Waals surface area contributed by atoms with Crippen LogP contribution in [0.2, 0.25) is 5.02 Å². The van der Waals surface area contributed by atoms with E-state index in [4.69, 9.17) is 11.6 Å². The van der Waals surface area contributed by atoms with Crippen LogP contribution in [-0.4, -0.2) is 21.4 Å². The molecule has 0 amide bonds. The number of benzene rings is 1. The van der Waals surface area contributed by atoms with Crippen molar-refractivity contribution in [3.05, 3.63) is 76.3 Å². The van der Waals surface area contributed by atoms with Gasteiger partial charge in [0, 0.05) is 28.0 Å². The molecule has 0 fully saturated rings. The van der Waals surface area contributed by atoms with Crippen molar-refractivity contribution in [1.29, 1.82) is 5.26 Å². The topological polar surface area (TPSA) is 89.8 Å². The number of nitriles is 1. The fourth-order valence-electron chi connectivity index (χ4n) is 2.52. The summed E-state index contributed by atoms with van der Waals surface area (Å²) in [5.41, 5.74) is 1.99. The van der Waals surface area contributed by atoms with E-state index in [0.717, 1.165) is 21.1 Å². The molecule has 4 aromatic rings. The van der Waals surface area contributed by atoms with E-state index in [0.29, 0.717) is 22.2 Å². The van der Waals surface area contributed by atoms with E-state index in [1.165, 1.54) is 0 Å². The predicted molar refractivity (Wildman–Crippen MR) is 113 cm³/mol. The zero-order chi connectivity index (χ0) is 19.3. The molecule has 0 aliphatic carbocycles. The number of nitrogens with zero attached hydrogens (tertiary/aromatic N) is 4. The van der Waals surface area contributed by atoms with Crippen LogP contribution in [0.25, 0.3) is 10.6 Å². The average molecular weight is 405 g/mol. The van der Waals surface area contributed by atoms with Gasteiger partial charge < -0.3 is 5.32 Å². The quantitative estimate of drug-likeness (QED) is 0.426.